The standard InChI is InChI=1S/C18H36N4O2.HI/c1-5-19-17(21-9-7-16(8-10-21)24-6-2)20-15-18(3,4)22-11-13-23-14-12-22;/h16H,5-15H2,1-4H3,(H,19,20);1H. The molecule has 1 N–H and O–H groups in total. The molecule has 0 radical (unpaired) electrons. The number of ether oxygens (including phenoxy) is 2. The van der Waals surface area contributed by atoms with Gasteiger partial charge in [0.1, 0.15) is 0 Å². The van der Waals surface area contributed by atoms with Crippen LogP contribution >= 0.6 is 24.0 Å². The van der Waals surface area contributed by atoms with Crippen molar-refractivity contribution in [1.82, 2.24) is 15.1 Å². The fraction of sp³-hybridized carbons (Fsp3) is 0.944. The predicted molar refractivity (Wildman–Crippen MR) is 114 cm³/mol. The van der Waals surface area contributed by atoms with E-state index in [2.05, 4.69) is 42.8 Å². The molecular formula is C18H37IN4O2. The third kappa shape index (κ3) is 7.19. The third-order valence-corrected chi connectivity index (χ3v) is 4.96. The first-order chi connectivity index (χ1) is 11.6. The lowest BCUT2D eigenvalue weighted by Gasteiger charge is -2.40. The zero-order chi connectivity index (χ0) is 17.4. The van der Waals surface area contributed by atoms with Crippen LogP contribution in [0.3, 0.4) is 0 Å². The minimum atomic E-state index is 0. The van der Waals surface area contributed by atoms with Gasteiger partial charge < -0.3 is 19.7 Å². The summed E-state index contributed by atoms with van der Waals surface area (Å²) in [5.41, 5.74) is 0.0636. The molecule has 2 saturated heterocycles. The van der Waals surface area contributed by atoms with Gasteiger partial charge in [0.05, 0.1) is 25.9 Å². The van der Waals surface area contributed by atoms with E-state index in [4.69, 9.17) is 14.5 Å². The highest BCUT2D eigenvalue weighted by Crippen LogP contribution is 2.18. The van der Waals surface area contributed by atoms with Crippen molar-refractivity contribution in [2.45, 2.75) is 52.2 Å². The number of hydrogen-bond donors (Lipinski definition) is 1. The van der Waals surface area contributed by atoms with Gasteiger partial charge in [0.15, 0.2) is 5.96 Å². The van der Waals surface area contributed by atoms with Gasteiger partial charge in [0.2, 0.25) is 0 Å². The summed E-state index contributed by atoms with van der Waals surface area (Å²) in [7, 11) is 0. The number of halogens is 1. The molecule has 2 aliphatic heterocycles. The minimum Gasteiger partial charge on any atom is -0.379 e. The van der Waals surface area contributed by atoms with Gasteiger partial charge in [-0.05, 0) is 40.5 Å². The lowest BCUT2D eigenvalue weighted by atomic mass is 10.0. The summed E-state index contributed by atoms with van der Waals surface area (Å²) in [6.45, 7) is 17.0. The Bertz CT molecular complexity index is 393. The molecule has 148 valence electrons. The summed E-state index contributed by atoms with van der Waals surface area (Å²) < 4.78 is 11.2. The summed E-state index contributed by atoms with van der Waals surface area (Å²) in [5, 5.41) is 3.47. The highest BCUT2D eigenvalue weighted by Gasteiger charge is 2.29. The van der Waals surface area contributed by atoms with Gasteiger partial charge in [-0.15, -0.1) is 24.0 Å². The number of hydrogen-bond acceptors (Lipinski definition) is 4. The molecule has 0 saturated carbocycles. The molecular weight excluding hydrogens is 431 g/mol. The van der Waals surface area contributed by atoms with Gasteiger partial charge in [-0.2, -0.15) is 0 Å². The van der Waals surface area contributed by atoms with Crippen molar-refractivity contribution in [1.29, 1.82) is 0 Å². The van der Waals surface area contributed by atoms with Crippen molar-refractivity contribution in [2.75, 3.05) is 59.1 Å². The molecule has 0 unspecified atom stereocenters. The molecule has 0 amide bonds. The van der Waals surface area contributed by atoms with E-state index in [1.165, 1.54) is 0 Å². The quantitative estimate of drug-likeness (QED) is 0.368. The SMILES string of the molecule is CCNC(=NCC(C)(C)N1CCOCC1)N1CCC(OCC)CC1.I. The van der Waals surface area contributed by atoms with Crippen LogP contribution in [0.15, 0.2) is 4.99 Å². The Balaban J connectivity index is 0.00000312. The van der Waals surface area contributed by atoms with Crippen LogP contribution in [0.4, 0.5) is 0 Å². The Labute approximate surface area is 170 Å². The molecule has 25 heavy (non-hydrogen) atoms. The van der Waals surface area contributed by atoms with Crippen molar-refractivity contribution in [3.05, 3.63) is 0 Å². The van der Waals surface area contributed by atoms with Crippen LogP contribution in [0.1, 0.15) is 40.5 Å². The van der Waals surface area contributed by atoms with Crippen molar-refractivity contribution >= 4 is 29.9 Å². The molecule has 2 rings (SSSR count). The average Bonchev–Trinajstić information content (AvgIpc) is 2.60. The molecule has 0 aromatic rings. The molecule has 0 aliphatic carbocycles. The normalized spacial score (nSPS) is 21.1. The molecule has 0 atom stereocenters. The monoisotopic (exact) mass is 468 g/mol. The van der Waals surface area contributed by atoms with Crippen molar-refractivity contribution in [2.24, 2.45) is 4.99 Å². The molecule has 0 bridgehead atoms. The van der Waals surface area contributed by atoms with Crippen molar-refractivity contribution in [3.63, 3.8) is 0 Å². The van der Waals surface area contributed by atoms with E-state index >= 15 is 0 Å². The Kier molecular flexibility index (Phi) is 10.6. The summed E-state index contributed by atoms with van der Waals surface area (Å²) in [6.07, 6.45) is 2.59. The first-order valence-electron chi connectivity index (χ1n) is 9.54. The number of nitrogens with one attached hydrogen (secondary N) is 1. The Hall–Kier alpha value is -0.120. The van der Waals surface area contributed by atoms with E-state index in [9.17, 15) is 0 Å². The lowest BCUT2D eigenvalue weighted by Crippen LogP contribution is -2.53. The van der Waals surface area contributed by atoms with Gasteiger partial charge in [0.25, 0.3) is 0 Å². The highest BCUT2D eigenvalue weighted by molar-refractivity contribution is 14.0. The van der Waals surface area contributed by atoms with E-state index in [0.29, 0.717) is 6.10 Å². The van der Waals surface area contributed by atoms with E-state index in [-0.39, 0.29) is 29.5 Å². The van der Waals surface area contributed by atoms with Crippen LogP contribution in [0.2, 0.25) is 0 Å². The van der Waals surface area contributed by atoms with Crippen LogP contribution in [0, 0.1) is 0 Å². The zero-order valence-corrected chi connectivity index (χ0v) is 18.8. The van der Waals surface area contributed by atoms with Crippen LogP contribution in [0.5, 0.6) is 0 Å². The average molecular weight is 468 g/mol. The van der Waals surface area contributed by atoms with Gasteiger partial charge in [-0.1, -0.05) is 0 Å². The third-order valence-electron chi connectivity index (χ3n) is 4.96. The predicted octanol–water partition coefficient (Wildman–Crippen LogP) is 2.18. The second kappa shape index (κ2) is 11.6. The van der Waals surface area contributed by atoms with Crippen LogP contribution in [-0.2, 0) is 9.47 Å². The summed E-state index contributed by atoms with van der Waals surface area (Å²) >= 11 is 0. The van der Waals surface area contributed by atoms with Crippen molar-refractivity contribution in [3.8, 4) is 0 Å². The van der Waals surface area contributed by atoms with Crippen LogP contribution in [0.25, 0.3) is 0 Å². The van der Waals surface area contributed by atoms with E-state index in [1.807, 2.05) is 0 Å². The summed E-state index contributed by atoms with van der Waals surface area (Å²) in [5.74, 6) is 1.05. The topological polar surface area (TPSA) is 49.3 Å². The van der Waals surface area contributed by atoms with Gasteiger partial charge in [0, 0.05) is 44.9 Å². The summed E-state index contributed by atoms with van der Waals surface area (Å²) in [6, 6.07) is 0. The molecule has 6 nitrogen and oxygen atoms in total. The van der Waals surface area contributed by atoms with Crippen molar-refractivity contribution < 1.29 is 9.47 Å². The van der Waals surface area contributed by atoms with Gasteiger partial charge in [-0.25, -0.2) is 0 Å². The van der Waals surface area contributed by atoms with Gasteiger partial charge >= 0.3 is 0 Å². The van der Waals surface area contributed by atoms with Gasteiger partial charge in [-0.3, -0.25) is 9.89 Å². The molecule has 0 aromatic carbocycles. The molecule has 0 aromatic heterocycles. The summed E-state index contributed by atoms with van der Waals surface area (Å²) in [4.78, 5) is 9.84. The maximum absolute atomic E-state index is 5.76. The first kappa shape index (κ1) is 22.9. The molecule has 2 fully saturated rings. The smallest absolute Gasteiger partial charge is 0.193 e. The second-order valence-corrected chi connectivity index (χ2v) is 7.22. The van der Waals surface area contributed by atoms with E-state index < -0.39 is 0 Å². The fourth-order valence-electron chi connectivity index (χ4n) is 3.43. The molecule has 2 aliphatic rings. The number of morpholine rings is 1. The fourth-order valence-corrected chi connectivity index (χ4v) is 3.43. The minimum absolute atomic E-state index is 0. The first-order valence-corrected chi connectivity index (χ1v) is 9.54. The molecule has 2 heterocycles. The maximum atomic E-state index is 5.76. The molecule has 0 spiro atoms. The highest BCUT2D eigenvalue weighted by atomic mass is 127. The van der Waals surface area contributed by atoms with E-state index in [0.717, 1.165) is 77.9 Å². The maximum Gasteiger partial charge on any atom is 0.193 e. The number of rotatable bonds is 6. The molecule has 7 heteroatoms. The van der Waals surface area contributed by atoms with Crippen LogP contribution in [-0.4, -0.2) is 86.5 Å². The van der Waals surface area contributed by atoms with E-state index in [1.54, 1.807) is 0 Å². The Morgan fingerprint density at radius 1 is 1.16 bits per heavy atom. The Morgan fingerprint density at radius 2 is 1.80 bits per heavy atom. The number of piperidine rings is 1. The second-order valence-electron chi connectivity index (χ2n) is 7.22. The Morgan fingerprint density at radius 3 is 2.36 bits per heavy atom. The number of guanidine groups is 1. The number of aliphatic imine (C=N–C) groups is 1. The van der Waals surface area contributed by atoms with Crippen LogP contribution < -0.4 is 5.32 Å². The lowest BCUT2D eigenvalue weighted by molar-refractivity contribution is -0.00698. The largest absolute Gasteiger partial charge is 0.379 e. The number of likely N-dealkylation sites (tertiary alicyclic amines) is 1. The zero-order valence-electron chi connectivity index (χ0n) is 16.4. The number of nitrogens with zero attached hydrogens (tertiary/aromatic N) is 3.